The molecule has 2 rings (SSSR count). The molecular weight excluding hydrogens is 384 g/mol. The van der Waals surface area contributed by atoms with Gasteiger partial charge in [-0.3, -0.25) is 4.79 Å². The molecule has 0 radical (unpaired) electrons. The van der Waals surface area contributed by atoms with Crippen molar-refractivity contribution >= 4 is 39.8 Å². The van der Waals surface area contributed by atoms with Crippen LogP contribution in [0.3, 0.4) is 0 Å². The second kappa shape index (κ2) is 9.04. The van der Waals surface area contributed by atoms with E-state index < -0.39 is 0 Å². The maximum Gasteiger partial charge on any atom is 0.250 e. The van der Waals surface area contributed by atoms with Crippen LogP contribution >= 0.6 is 27.7 Å². The summed E-state index contributed by atoms with van der Waals surface area (Å²) in [5.74, 6) is 1.09. The van der Waals surface area contributed by atoms with Gasteiger partial charge < -0.3 is 0 Å². The molecule has 0 aliphatic carbocycles. The molecule has 0 atom stereocenters. The third kappa shape index (κ3) is 5.49. The summed E-state index contributed by atoms with van der Waals surface area (Å²) in [6.45, 7) is 6.26. The van der Waals surface area contributed by atoms with Gasteiger partial charge in [0.1, 0.15) is 0 Å². The molecule has 0 aliphatic rings. The van der Waals surface area contributed by atoms with Crippen LogP contribution in [0, 0.1) is 20.8 Å². The number of amides is 1. The van der Waals surface area contributed by atoms with Gasteiger partial charge in [0.2, 0.25) is 5.91 Å². The maximum absolute atomic E-state index is 11.8. The van der Waals surface area contributed by atoms with Crippen molar-refractivity contribution in [1.29, 1.82) is 0 Å². The average molecular weight is 405 g/mol. The molecule has 0 aromatic heterocycles. The summed E-state index contributed by atoms with van der Waals surface area (Å²) in [5, 5.41) is 4.07. The molecule has 5 heteroatoms. The first kappa shape index (κ1) is 18.7. The third-order valence-corrected chi connectivity index (χ3v) is 5.38. The topological polar surface area (TPSA) is 41.5 Å². The lowest BCUT2D eigenvalue weighted by Crippen LogP contribution is -2.19. The lowest BCUT2D eigenvalue weighted by molar-refractivity contribution is -0.118. The predicted octanol–water partition coefficient (Wildman–Crippen LogP) is 4.76. The van der Waals surface area contributed by atoms with E-state index in [9.17, 15) is 4.79 Å². The second-order valence-corrected chi connectivity index (χ2v) is 7.54. The summed E-state index contributed by atoms with van der Waals surface area (Å²) in [5.41, 5.74) is 8.52. The zero-order chi connectivity index (χ0) is 17.5. The molecule has 3 nitrogen and oxygen atoms in total. The van der Waals surface area contributed by atoms with E-state index in [2.05, 4.69) is 65.4 Å². The fraction of sp³-hybridized carbons (Fsp3) is 0.263. The number of rotatable bonds is 6. The van der Waals surface area contributed by atoms with Crippen molar-refractivity contribution in [2.45, 2.75) is 26.5 Å². The van der Waals surface area contributed by atoms with Crippen molar-refractivity contribution in [3.05, 3.63) is 68.7 Å². The van der Waals surface area contributed by atoms with Crippen LogP contribution in [-0.2, 0) is 10.5 Å². The number of hydrazone groups is 1. The van der Waals surface area contributed by atoms with E-state index in [1.54, 1.807) is 18.0 Å². The molecule has 1 N–H and O–H groups in total. The van der Waals surface area contributed by atoms with Crippen molar-refractivity contribution in [3.8, 4) is 0 Å². The van der Waals surface area contributed by atoms with Gasteiger partial charge in [-0.05, 0) is 60.7 Å². The van der Waals surface area contributed by atoms with Crippen LogP contribution in [0.2, 0.25) is 0 Å². The number of carbonyl (C=O) groups is 1. The first-order valence-corrected chi connectivity index (χ1v) is 9.63. The normalized spacial score (nSPS) is 11.0. The molecule has 0 heterocycles. The zero-order valence-corrected chi connectivity index (χ0v) is 16.5. The van der Waals surface area contributed by atoms with Crippen molar-refractivity contribution in [1.82, 2.24) is 5.43 Å². The SMILES string of the molecule is Cc1ccc(/C=N\NC(=O)CSCc2cccc(Br)c2)c(C)c1C. The van der Waals surface area contributed by atoms with Gasteiger partial charge in [0.25, 0.3) is 0 Å². The summed E-state index contributed by atoms with van der Waals surface area (Å²) in [6.07, 6.45) is 1.71. The molecule has 0 aliphatic heterocycles. The first-order valence-electron chi connectivity index (χ1n) is 7.68. The van der Waals surface area contributed by atoms with E-state index in [0.717, 1.165) is 15.8 Å². The van der Waals surface area contributed by atoms with Crippen LogP contribution < -0.4 is 5.43 Å². The number of benzene rings is 2. The Bertz CT molecular complexity index is 759. The number of nitrogens with zero attached hydrogens (tertiary/aromatic N) is 1. The summed E-state index contributed by atoms with van der Waals surface area (Å²) in [7, 11) is 0. The van der Waals surface area contributed by atoms with Gasteiger partial charge in [-0.25, -0.2) is 5.43 Å². The number of hydrogen-bond donors (Lipinski definition) is 1. The van der Waals surface area contributed by atoms with E-state index in [1.807, 2.05) is 18.2 Å². The molecule has 2 aromatic carbocycles. The van der Waals surface area contributed by atoms with Crippen LogP contribution in [0.15, 0.2) is 46.0 Å². The van der Waals surface area contributed by atoms with E-state index in [0.29, 0.717) is 5.75 Å². The van der Waals surface area contributed by atoms with Gasteiger partial charge >= 0.3 is 0 Å². The zero-order valence-electron chi connectivity index (χ0n) is 14.1. The van der Waals surface area contributed by atoms with Gasteiger partial charge in [0, 0.05) is 10.2 Å². The number of carbonyl (C=O) groups excluding carboxylic acids is 1. The van der Waals surface area contributed by atoms with Crippen LogP contribution in [0.4, 0.5) is 0 Å². The summed E-state index contributed by atoms with van der Waals surface area (Å²) >= 11 is 5.02. The Kier molecular flexibility index (Phi) is 7.06. The molecule has 0 unspecified atom stereocenters. The lowest BCUT2D eigenvalue weighted by atomic mass is 10.00. The molecule has 0 spiro atoms. The van der Waals surface area contributed by atoms with Crippen LogP contribution in [0.25, 0.3) is 0 Å². The third-order valence-electron chi connectivity index (χ3n) is 3.88. The summed E-state index contributed by atoms with van der Waals surface area (Å²) < 4.78 is 1.05. The number of nitrogens with one attached hydrogen (secondary N) is 1. The Labute approximate surface area is 156 Å². The monoisotopic (exact) mass is 404 g/mol. The summed E-state index contributed by atoms with van der Waals surface area (Å²) in [4.78, 5) is 11.8. The molecule has 24 heavy (non-hydrogen) atoms. The average Bonchev–Trinajstić information content (AvgIpc) is 2.55. The minimum absolute atomic E-state index is 0.0901. The van der Waals surface area contributed by atoms with E-state index in [1.165, 1.54) is 22.3 Å². The highest BCUT2D eigenvalue weighted by atomic mass is 79.9. The largest absolute Gasteiger partial charge is 0.272 e. The maximum atomic E-state index is 11.8. The molecule has 0 saturated carbocycles. The Morgan fingerprint density at radius 1 is 1.21 bits per heavy atom. The van der Waals surface area contributed by atoms with Crippen molar-refractivity contribution in [2.75, 3.05) is 5.75 Å². The molecule has 0 fully saturated rings. The minimum atomic E-state index is -0.0901. The minimum Gasteiger partial charge on any atom is -0.272 e. The number of halogens is 1. The molecular formula is C19H21BrN2OS. The van der Waals surface area contributed by atoms with Gasteiger partial charge in [-0.2, -0.15) is 5.10 Å². The van der Waals surface area contributed by atoms with Gasteiger partial charge in [0.15, 0.2) is 0 Å². The van der Waals surface area contributed by atoms with E-state index in [4.69, 9.17) is 0 Å². The number of hydrogen-bond acceptors (Lipinski definition) is 3. The molecule has 1 amide bonds. The van der Waals surface area contributed by atoms with E-state index in [-0.39, 0.29) is 5.91 Å². The highest BCUT2D eigenvalue weighted by Gasteiger charge is 2.03. The van der Waals surface area contributed by atoms with Gasteiger partial charge in [-0.15, -0.1) is 11.8 Å². The number of aryl methyl sites for hydroxylation is 1. The Morgan fingerprint density at radius 3 is 2.75 bits per heavy atom. The smallest absolute Gasteiger partial charge is 0.250 e. The quantitative estimate of drug-likeness (QED) is 0.556. The second-order valence-electron chi connectivity index (χ2n) is 5.64. The van der Waals surface area contributed by atoms with Crippen LogP contribution in [0.1, 0.15) is 27.8 Å². The molecule has 2 aromatic rings. The fourth-order valence-corrected chi connectivity index (χ4v) is 3.43. The Balaban J connectivity index is 1.80. The Hall–Kier alpha value is -1.59. The molecule has 0 saturated heterocycles. The highest BCUT2D eigenvalue weighted by Crippen LogP contribution is 2.17. The molecule has 126 valence electrons. The standard InChI is InChI=1S/C19H21BrN2OS/c1-13-7-8-17(15(3)14(13)2)10-21-22-19(23)12-24-11-16-5-4-6-18(20)9-16/h4-10H,11-12H2,1-3H3,(H,22,23)/b21-10-. The Morgan fingerprint density at radius 2 is 2.00 bits per heavy atom. The van der Waals surface area contributed by atoms with Crippen LogP contribution in [0.5, 0.6) is 0 Å². The highest BCUT2D eigenvalue weighted by molar-refractivity contribution is 9.10. The number of thioether (sulfide) groups is 1. The first-order chi connectivity index (χ1) is 11.5. The van der Waals surface area contributed by atoms with Crippen molar-refractivity contribution in [3.63, 3.8) is 0 Å². The summed E-state index contributed by atoms with van der Waals surface area (Å²) in [6, 6.07) is 12.2. The van der Waals surface area contributed by atoms with E-state index >= 15 is 0 Å². The fourth-order valence-electron chi connectivity index (χ4n) is 2.21. The molecule has 0 bridgehead atoms. The predicted molar refractivity (Wildman–Crippen MR) is 107 cm³/mol. The van der Waals surface area contributed by atoms with Crippen molar-refractivity contribution in [2.24, 2.45) is 5.10 Å². The lowest BCUT2D eigenvalue weighted by Gasteiger charge is -2.07. The van der Waals surface area contributed by atoms with Crippen LogP contribution in [-0.4, -0.2) is 17.9 Å². The van der Waals surface area contributed by atoms with Gasteiger partial charge in [0.05, 0.1) is 12.0 Å². The van der Waals surface area contributed by atoms with Gasteiger partial charge in [-0.1, -0.05) is 40.2 Å². The van der Waals surface area contributed by atoms with Crippen molar-refractivity contribution < 1.29 is 4.79 Å².